The first-order valence-corrected chi connectivity index (χ1v) is 7.41. The van der Waals surface area contributed by atoms with Crippen molar-refractivity contribution in [1.82, 2.24) is 19.7 Å². The van der Waals surface area contributed by atoms with Gasteiger partial charge in [0.25, 0.3) is 0 Å². The molecule has 112 valence electrons. The molecule has 2 aromatic rings. The van der Waals surface area contributed by atoms with Crippen molar-refractivity contribution in [3.05, 3.63) is 17.3 Å². The van der Waals surface area contributed by atoms with Crippen LogP contribution in [0.15, 0.2) is 6.07 Å². The molecule has 0 unspecified atom stereocenters. The highest BCUT2D eigenvalue weighted by Gasteiger charge is 2.21. The number of hydrogen-bond donors (Lipinski definition) is 0. The van der Waals surface area contributed by atoms with E-state index in [1.165, 1.54) is 0 Å². The van der Waals surface area contributed by atoms with Crippen LogP contribution in [0.25, 0.3) is 11.0 Å². The number of piperazine rings is 1. The number of aryl methyl sites for hydroxylation is 2. The number of anilines is 1. The van der Waals surface area contributed by atoms with E-state index in [0.717, 1.165) is 61.6 Å². The number of rotatable bonds is 3. The number of nitrogens with zero attached hydrogens (tertiary/aromatic N) is 5. The highest BCUT2D eigenvalue weighted by Crippen LogP contribution is 2.25. The molecule has 1 fully saturated rings. The van der Waals surface area contributed by atoms with E-state index in [1.807, 2.05) is 20.0 Å². The van der Waals surface area contributed by atoms with Gasteiger partial charge >= 0.3 is 0 Å². The van der Waals surface area contributed by atoms with E-state index in [2.05, 4.69) is 21.8 Å². The third kappa shape index (κ3) is 2.40. The molecule has 0 spiro atoms. The van der Waals surface area contributed by atoms with Gasteiger partial charge in [-0.1, -0.05) is 6.92 Å². The van der Waals surface area contributed by atoms with Crippen molar-refractivity contribution in [2.24, 2.45) is 7.05 Å². The molecule has 1 saturated heterocycles. The number of pyridine rings is 1. The second kappa shape index (κ2) is 5.44. The van der Waals surface area contributed by atoms with Crippen molar-refractivity contribution in [1.29, 1.82) is 0 Å². The van der Waals surface area contributed by atoms with E-state index in [9.17, 15) is 4.79 Å². The summed E-state index contributed by atoms with van der Waals surface area (Å²) in [6, 6.07) is 1.92. The van der Waals surface area contributed by atoms with Crippen LogP contribution in [0, 0.1) is 6.92 Å². The molecule has 1 aliphatic heterocycles. The summed E-state index contributed by atoms with van der Waals surface area (Å²) < 4.78 is 1.78. The van der Waals surface area contributed by atoms with Crippen LogP contribution in [-0.2, 0) is 7.05 Å². The number of carbonyl (C=O) groups is 1. The summed E-state index contributed by atoms with van der Waals surface area (Å²) >= 11 is 0. The molecule has 0 aliphatic carbocycles. The topological polar surface area (TPSA) is 54.3 Å². The molecule has 2 aromatic heterocycles. The Kier molecular flexibility index (Phi) is 3.63. The van der Waals surface area contributed by atoms with Crippen LogP contribution < -0.4 is 4.90 Å². The summed E-state index contributed by atoms with van der Waals surface area (Å²) in [7, 11) is 1.89. The first-order chi connectivity index (χ1) is 10.1. The summed E-state index contributed by atoms with van der Waals surface area (Å²) in [5.41, 5.74) is 2.40. The zero-order valence-corrected chi connectivity index (χ0v) is 12.8. The van der Waals surface area contributed by atoms with Gasteiger partial charge in [0.2, 0.25) is 0 Å². The first-order valence-electron chi connectivity index (χ1n) is 7.41. The fraction of sp³-hybridized carbons (Fsp3) is 0.533. The Hall–Kier alpha value is -1.95. The van der Waals surface area contributed by atoms with Crippen LogP contribution in [0.5, 0.6) is 0 Å². The minimum atomic E-state index is 0.656. The molecule has 1 aliphatic rings. The van der Waals surface area contributed by atoms with Gasteiger partial charge in [-0.2, -0.15) is 5.10 Å². The van der Waals surface area contributed by atoms with E-state index in [0.29, 0.717) is 5.56 Å². The van der Waals surface area contributed by atoms with Crippen molar-refractivity contribution < 1.29 is 4.79 Å². The highest BCUT2D eigenvalue weighted by molar-refractivity contribution is 5.91. The van der Waals surface area contributed by atoms with Gasteiger partial charge in [-0.3, -0.25) is 9.48 Å². The van der Waals surface area contributed by atoms with Gasteiger partial charge in [0.1, 0.15) is 5.82 Å². The average Bonchev–Trinajstić information content (AvgIpc) is 2.80. The second-order valence-electron chi connectivity index (χ2n) is 5.52. The smallest absolute Gasteiger partial charge is 0.160 e. The average molecular weight is 287 g/mol. The third-order valence-corrected chi connectivity index (χ3v) is 4.25. The molecule has 0 saturated carbocycles. The summed E-state index contributed by atoms with van der Waals surface area (Å²) in [6.07, 6.45) is 0.903. The zero-order valence-electron chi connectivity index (χ0n) is 12.8. The van der Waals surface area contributed by atoms with Crippen LogP contribution >= 0.6 is 0 Å². The standard InChI is InChI=1S/C15H21N5O/c1-4-19-5-7-20(8-6-19)14-12(10-21)9-13-11(2)17-18(3)15(13)16-14/h9-10H,4-8H2,1-3H3. The Balaban J connectivity index is 2.01. The normalized spacial score (nSPS) is 16.6. The van der Waals surface area contributed by atoms with Crippen molar-refractivity contribution >= 4 is 23.1 Å². The maximum Gasteiger partial charge on any atom is 0.160 e. The lowest BCUT2D eigenvalue weighted by Gasteiger charge is -2.35. The van der Waals surface area contributed by atoms with Gasteiger partial charge < -0.3 is 9.80 Å². The largest absolute Gasteiger partial charge is 0.353 e. The molecule has 3 heterocycles. The van der Waals surface area contributed by atoms with Gasteiger partial charge in [0.15, 0.2) is 11.9 Å². The summed E-state index contributed by atoms with van der Waals surface area (Å²) in [6.45, 7) is 9.03. The zero-order chi connectivity index (χ0) is 15.0. The number of aromatic nitrogens is 3. The maximum atomic E-state index is 11.4. The molecular weight excluding hydrogens is 266 g/mol. The van der Waals surface area contributed by atoms with Crippen molar-refractivity contribution in [2.45, 2.75) is 13.8 Å². The van der Waals surface area contributed by atoms with Crippen molar-refractivity contribution in [3.63, 3.8) is 0 Å². The Morgan fingerprint density at radius 1 is 1.29 bits per heavy atom. The lowest BCUT2D eigenvalue weighted by Crippen LogP contribution is -2.46. The van der Waals surface area contributed by atoms with E-state index in [1.54, 1.807) is 4.68 Å². The number of hydrogen-bond acceptors (Lipinski definition) is 5. The summed E-state index contributed by atoms with van der Waals surface area (Å²) in [5, 5.41) is 5.34. The quantitative estimate of drug-likeness (QED) is 0.795. The SMILES string of the molecule is CCN1CCN(c2nc3c(cc2C=O)c(C)nn3C)CC1. The van der Waals surface area contributed by atoms with Crippen LogP contribution in [0.1, 0.15) is 23.0 Å². The van der Waals surface area contributed by atoms with E-state index in [4.69, 9.17) is 4.98 Å². The Morgan fingerprint density at radius 2 is 2.00 bits per heavy atom. The van der Waals surface area contributed by atoms with Gasteiger partial charge in [0, 0.05) is 38.6 Å². The first kappa shape index (κ1) is 14.0. The fourth-order valence-corrected chi connectivity index (χ4v) is 2.96. The third-order valence-electron chi connectivity index (χ3n) is 4.25. The molecule has 0 bridgehead atoms. The summed E-state index contributed by atoms with van der Waals surface area (Å²) in [4.78, 5) is 20.8. The van der Waals surface area contributed by atoms with Crippen LogP contribution in [-0.4, -0.2) is 58.7 Å². The molecule has 3 rings (SSSR count). The minimum absolute atomic E-state index is 0.656. The van der Waals surface area contributed by atoms with Gasteiger partial charge in [-0.05, 0) is 19.5 Å². The van der Waals surface area contributed by atoms with E-state index < -0.39 is 0 Å². The Labute approximate surface area is 124 Å². The number of fused-ring (bicyclic) bond motifs is 1. The predicted molar refractivity (Wildman–Crippen MR) is 83.0 cm³/mol. The lowest BCUT2D eigenvalue weighted by atomic mass is 10.2. The molecule has 0 atom stereocenters. The number of aldehydes is 1. The van der Waals surface area contributed by atoms with E-state index in [-0.39, 0.29) is 0 Å². The predicted octanol–water partition coefficient (Wildman–Crippen LogP) is 1.23. The molecule has 21 heavy (non-hydrogen) atoms. The van der Waals surface area contributed by atoms with Crippen molar-refractivity contribution in [2.75, 3.05) is 37.6 Å². The molecular formula is C15H21N5O. The molecule has 6 heteroatoms. The van der Waals surface area contributed by atoms with E-state index >= 15 is 0 Å². The monoisotopic (exact) mass is 287 g/mol. The molecule has 0 N–H and O–H groups in total. The summed E-state index contributed by atoms with van der Waals surface area (Å²) in [5.74, 6) is 0.788. The molecule has 0 radical (unpaired) electrons. The van der Waals surface area contributed by atoms with Crippen LogP contribution in [0.3, 0.4) is 0 Å². The maximum absolute atomic E-state index is 11.4. The van der Waals surface area contributed by atoms with Gasteiger partial charge in [0.05, 0.1) is 11.3 Å². The minimum Gasteiger partial charge on any atom is -0.353 e. The van der Waals surface area contributed by atoms with Gasteiger partial charge in [-0.15, -0.1) is 0 Å². The van der Waals surface area contributed by atoms with Crippen LogP contribution in [0.4, 0.5) is 5.82 Å². The van der Waals surface area contributed by atoms with Crippen molar-refractivity contribution in [3.8, 4) is 0 Å². The lowest BCUT2D eigenvalue weighted by molar-refractivity contribution is 0.112. The molecule has 0 aromatic carbocycles. The fourth-order valence-electron chi connectivity index (χ4n) is 2.96. The Morgan fingerprint density at radius 3 is 2.62 bits per heavy atom. The number of carbonyl (C=O) groups excluding carboxylic acids is 1. The van der Waals surface area contributed by atoms with Gasteiger partial charge in [-0.25, -0.2) is 4.98 Å². The Bertz CT molecular complexity index is 670. The number of likely N-dealkylation sites (N-methyl/N-ethyl adjacent to an activating group) is 1. The molecule has 0 amide bonds. The van der Waals surface area contributed by atoms with Crippen LogP contribution in [0.2, 0.25) is 0 Å². The highest BCUT2D eigenvalue weighted by atomic mass is 16.1. The molecule has 6 nitrogen and oxygen atoms in total. The second-order valence-corrected chi connectivity index (χ2v) is 5.52.